The van der Waals surface area contributed by atoms with Crippen LogP contribution in [0.5, 0.6) is 5.75 Å². The van der Waals surface area contributed by atoms with Crippen LogP contribution in [-0.2, 0) is 4.79 Å². The summed E-state index contributed by atoms with van der Waals surface area (Å²) in [6.45, 7) is 4.14. The molecule has 1 aliphatic rings. The van der Waals surface area contributed by atoms with Gasteiger partial charge in [-0.25, -0.2) is 4.90 Å². The van der Waals surface area contributed by atoms with Crippen LogP contribution in [0.1, 0.15) is 33.2 Å². The van der Waals surface area contributed by atoms with E-state index in [-0.39, 0.29) is 0 Å². The van der Waals surface area contributed by atoms with E-state index in [9.17, 15) is 14.4 Å². The number of carbonyl (C=O) groups is 3. The molecule has 0 N–H and O–H groups in total. The van der Waals surface area contributed by atoms with Crippen LogP contribution in [0, 0.1) is 6.92 Å². The van der Waals surface area contributed by atoms with Gasteiger partial charge < -0.3 is 4.74 Å². The predicted molar refractivity (Wildman–Crippen MR) is 84.9 cm³/mol. The second-order valence-corrected chi connectivity index (χ2v) is 5.20. The molecule has 23 heavy (non-hydrogen) atoms. The highest BCUT2D eigenvalue weighted by molar-refractivity contribution is 6.57. The Hall–Kier alpha value is -2.95. The van der Waals surface area contributed by atoms with E-state index in [0.29, 0.717) is 34.7 Å². The van der Waals surface area contributed by atoms with Crippen molar-refractivity contribution in [2.24, 2.45) is 0 Å². The first kappa shape index (κ1) is 15.0. The molecule has 116 valence electrons. The van der Waals surface area contributed by atoms with Crippen molar-refractivity contribution in [1.82, 2.24) is 0 Å². The third-order valence-corrected chi connectivity index (χ3v) is 3.73. The second-order valence-electron chi connectivity index (χ2n) is 5.20. The largest absolute Gasteiger partial charge is 0.494 e. The zero-order valence-electron chi connectivity index (χ0n) is 12.8. The molecular formula is C18H15NO4. The number of imide groups is 1. The molecule has 0 unspecified atom stereocenters. The van der Waals surface area contributed by atoms with Crippen molar-refractivity contribution in [3.63, 3.8) is 0 Å². The van der Waals surface area contributed by atoms with E-state index < -0.39 is 17.6 Å². The number of amides is 2. The van der Waals surface area contributed by atoms with Crippen LogP contribution in [0.15, 0.2) is 42.5 Å². The lowest BCUT2D eigenvalue weighted by molar-refractivity contribution is -0.113. The lowest BCUT2D eigenvalue weighted by Crippen LogP contribution is -2.35. The average molecular weight is 309 g/mol. The van der Waals surface area contributed by atoms with E-state index in [2.05, 4.69) is 0 Å². The fourth-order valence-electron chi connectivity index (χ4n) is 2.64. The number of hydrogen-bond donors (Lipinski definition) is 0. The summed E-state index contributed by atoms with van der Waals surface area (Å²) in [6.07, 6.45) is 0. The molecule has 0 atom stereocenters. The summed E-state index contributed by atoms with van der Waals surface area (Å²) >= 11 is 0. The first-order chi connectivity index (χ1) is 11.0. The molecule has 0 saturated heterocycles. The smallest absolute Gasteiger partial charge is 0.306 e. The minimum atomic E-state index is -0.812. The molecular weight excluding hydrogens is 294 g/mol. The Labute approximate surface area is 133 Å². The van der Waals surface area contributed by atoms with Crippen molar-refractivity contribution in [2.45, 2.75) is 13.8 Å². The molecule has 1 aliphatic heterocycles. The molecule has 1 heterocycles. The maximum Gasteiger partial charge on any atom is 0.306 e. The second kappa shape index (κ2) is 5.68. The number of hydrogen-bond acceptors (Lipinski definition) is 4. The van der Waals surface area contributed by atoms with Gasteiger partial charge in [0, 0.05) is 5.56 Å². The highest BCUT2D eigenvalue weighted by Crippen LogP contribution is 2.32. The lowest BCUT2D eigenvalue weighted by Gasteiger charge is -2.15. The average Bonchev–Trinajstić information content (AvgIpc) is 2.80. The van der Waals surface area contributed by atoms with Crippen molar-refractivity contribution in [1.29, 1.82) is 0 Å². The fourth-order valence-corrected chi connectivity index (χ4v) is 2.64. The summed E-state index contributed by atoms with van der Waals surface area (Å²) in [4.78, 5) is 38.0. The van der Waals surface area contributed by atoms with Crippen LogP contribution in [0.4, 0.5) is 5.69 Å². The molecule has 0 saturated carbocycles. The molecule has 0 fully saturated rings. The summed E-state index contributed by atoms with van der Waals surface area (Å²) in [6, 6.07) is 11.6. The van der Waals surface area contributed by atoms with Crippen LogP contribution in [0.2, 0.25) is 0 Å². The molecule has 0 aliphatic carbocycles. The number of rotatable bonds is 3. The molecule has 0 aromatic heterocycles. The first-order valence-electron chi connectivity index (χ1n) is 7.30. The van der Waals surface area contributed by atoms with Gasteiger partial charge in [-0.05, 0) is 49.7 Å². The summed E-state index contributed by atoms with van der Waals surface area (Å²) in [5, 5.41) is 0. The van der Waals surface area contributed by atoms with Crippen LogP contribution in [0.25, 0.3) is 0 Å². The van der Waals surface area contributed by atoms with Crippen molar-refractivity contribution in [3.8, 4) is 5.75 Å². The molecule has 0 bridgehead atoms. The van der Waals surface area contributed by atoms with Gasteiger partial charge in [0.25, 0.3) is 11.7 Å². The van der Waals surface area contributed by atoms with Crippen molar-refractivity contribution < 1.29 is 19.1 Å². The lowest BCUT2D eigenvalue weighted by atomic mass is 10.1. The van der Waals surface area contributed by atoms with Crippen LogP contribution < -0.4 is 9.64 Å². The molecule has 0 radical (unpaired) electrons. The van der Waals surface area contributed by atoms with Crippen LogP contribution in [-0.4, -0.2) is 24.2 Å². The number of fused-ring (bicyclic) bond motifs is 1. The maximum atomic E-state index is 12.7. The number of benzene rings is 2. The van der Waals surface area contributed by atoms with Gasteiger partial charge in [0.15, 0.2) is 0 Å². The number of carbonyl (C=O) groups excluding carboxylic acids is 3. The van der Waals surface area contributed by atoms with E-state index in [1.807, 2.05) is 6.92 Å². The van der Waals surface area contributed by atoms with E-state index in [0.717, 1.165) is 4.90 Å². The zero-order chi connectivity index (χ0) is 16.6. The third-order valence-electron chi connectivity index (χ3n) is 3.73. The van der Waals surface area contributed by atoms with Gasteiger partial charge in [0.2, 0.25) is 0 Å². The van der Waals surface area contributed by atoms with Gasteiger partial charge in [-0.15, -0.1) is 0 Å². The molecule has 0 spiro atoms. The predicted octanol–water partition coefficient (Wildman–Crippen LogP) is 2.76. The molecule has 5 nitrogen and oxygen atoms in total. The number of anilines is 1. The third kappa shape index (κ3) is 2.40. The summed E-state index contributed by atoms with van der Waals surface area (Å²) in [5.74, 6) is -1.33. The Morgan fingerprint density at radius 3 is 2.43 bits per heavy atom. The number of nitrogens with zero attached hydrogens (tertiary/aromatic N) is 1. The highest BCUT2D eigenvalue weighted by Gasteiger charge is 2.40. The Kier molecular flexibility index (Phi) is 3.70. The maximum absolute atomic E-state index is 12.7. The Balaban J connectivity index is 1.99. The SMILES string of the molecule is CCOc1ccc(C(=O)N2C(=O)C(=O)c3c(C)cccc32)cc1. The molecule has 2 amide bonds. The number of Topliss-reactive ketones (excluding diaryl/α,β-unsaturated/α-hetero) is 1. The normalized spacial score (nSPS) is 13.2. The van der Waals surface area contributed by atoms with E-state index >= 15 is 0 Å². The Bertz CT molecular complexity index is 808. The monoisotopic (exact) mass is 309 g/mol. The van der Waals surface area contributed by atoms with Gasteiger partial charge in [0.05, 0.1) is 17.9 Å². The van der Waals surface area contributed by atoms with Gasteiger partial charge in [-0.3, -0.25) is 14.4 Å². The molecule has 2 aromatic rings. The van der Waals surface area contributed by atoms with Crippen LogP contribution in [0.3, 0.4) is 0 Å². The first-order valence-corrected chi connectivity index (χ1v) is 7.30. The van der Waals surface area contributed by atoms with E-state index in [1.54, 1.807) is 49.4 Å². The summed E-state index contributed by atoms with van der Waals surface area (Å²) < 4.78 is 5.33. The summed E-state index contributed by atoms with van der Waals surface area (Å²) in [5.41, 5.74) is 1.66. The molecule has 5 heteroatoms. The minimum Gasteiger partial charge on any atom is -0.494 e. The fraction of sp³-hybridized carbons (Fsp3) is 0.167. The van der Waals surface area contributed by atoms with E-state index in [4.69, 9.17) is 4.74 Å². The number of ketones is 1. The highest BCUT2D eigenvalue weighted by atomic mass is 16.5. The van der Waals surface area contributed by atoms with E-state index in [1.165, 1.54) is 0 Å². The van der Waals surface area contributed by atoms with Gasteiger partial charge in [-0.2, -0.15) is 0 Å². The molecule has 3 rings (SSSR count). The standard InChI is InChI=1S/C18H15NO4/c1-3-23-13-9-7-12(8-10-13)17(21)19-14-6-4-5-11(2)15(14)16(20)18(19)22/h4-10H,3H2,1-2H3. The van der Waals surface area contributed by atoms with Crippen molar-refractivity contribution in [2.75, 3.05) is 11.5 Å². The Morgan fingerprint density at radius 1 is 1.09 bits per heavy atom. The van der Waals surface area contributed by atoms with Gasteiger partial charge in [0.1, 0.15) is 5.75 Å². The van der Waals surface area contributed by atoms with Crippen molar-refractivity contribution in [3.05, 3.63) is 59.2 Å². The topological polar surface area (TPSA) is 63.7 Å². The minimum absolute atomic E-state index is 0.303. The quantitative estimate of drug-likeness (QED) is 0.646. The number of ether oxygens (including phenoxy) is 1. The molecule has 2 aromatic carbocycles. The van der Waals surface area contributed by atoms with Gasteiger partial charge in [-0.1, -0.05) is 12.1 Å². The van der Waals surface area contributed by atoms with Crippen molar-refractivity contribution >= 4 is 23.3 Å². The van der Waals surface area contributed by atoms with Gasteiger partial charge >= 0.3 is 5.91 Å². The summed E-state index contributed by atoms with van der Waals surface area (Å²) in [7, 11) is 0. The number of aryl methyl sites for hydroxylation is 1. The zero-order valence-corrected chi connectivity index (χ0v) is 12.8. The Morgan fingerprint density at radius 2 is 1.78 bits per heavy atom. The van der Waals surface area contributed by atoms with Crippen LogP contribution >= 0.6 is 0 Å².